The molecule has 10 rings (SSSR count). The zero-order valence-electron chi connectivity index (χ0n) is 24.7. The maximum atomic E-state index is 2.57. The van der Waals surface area contributed by atoms with E-state index in [0.717, 1.165) is 11.8 Å². The monoisotopic (exact) mass is 563 g/mol. The standard InChI is InChI=1S/C43H33N/c1-2-9-31-24-34(18-16-29(31)7-1)44(35-19-21-38-32(25-35)15-14-30-8-3-4-10-37(30)38)36-20-22-40-39-11-5-6-12-41(39)43(42(40)26-36)27-28-13-17-33(43)23-28/h1-12,14-16,18-22,24-26,28,33H,13,17,23,27H2. The minimum atomic E-state index is 0.155. The number of anilines is 3. The second-order valence-electron chi connectivity index (χ2n) is 13.4. The Kier molecular flexibility index (Phi) is 5.06. The Morgan fingerprint density at radius 1 is 0.477 bits per heavy atom. The Hall–Kier alpha value is -4.88. The van der Waals surface area contributed by atoms with Gasteiger partial charge in [0.2, 0.25) is 0 Å². The van der Waals surface area contributed by atoms with E-state index in [0.29, 0.717) is 0 Å². The molecule has 2 bridgehead atoms. The summed E-state index contributed by atoms with van der Waals surface area (Å²) in [6.07, 6.45) is 5.43. The van der Waals surface area contributed by atoms with Crippen molar-refractivity contribution in [2.24, 2.45) is 11.8 Å². The van der Waals surface area contributed by atoms with E-state index in [1.54, 1.807) is 11.1 Å². The van der Waals surface area contributed by atoms with Gasteiger partial charge in [-0.2, -0.15) is 0 Å². The first-order valence-electron chi connectivity index (χ1n) is 16.2. The summed E-state index contributed by atoms with van der Waals surface area (Å²) in [5.74, 6) is 1.60. The molecule has 3 aliphatic rings. The summed E-state index contributed by atoms with van der Waals surface area (Å²) in [7, 11) is 0. The van der Waals surface area contributed by atoms with Gasteiger partial charge in [0.05, 0.1) is 0 Å². The SMILES string of the molecule is c1ccc2c(c1)-c1ccc(N(c3ccc4ccccc4c3)c3ccc4c(ccc5ccccc54)c3)cc1C21CC2CCC1C2. The molecule has 0 saturated heterocycles. The summed E-state index contributed by atoms with van der Waals surface area (Å²) in [5, 5.41) is 7.70. The van der Waals surface area contributed by atoms with Gasteiger partial charge >= 0.3 is 0 Å². The van der Waals surface area contributed by atoms with Crippen LogP contribution >= 0.6 is 0 Å². The number of benzene rings is 7. The molecule has 7 aromatic carbocycles. The normalized spacial score (nSPS) is 21.4. The topological polar surface area (TPSA) is 3.24 Å². The fourth-order valence-corrected chi connectivity index (χ4v) is 9.42. The van der Waals surface area contributed by atoms with Crippen LogP contribution in [-0.2, 0) is 5.41 Å². The minimum absolute atomic E-state index is 0.155. The van der Waals surface area contributed by atoms with E-state index >= 15 is 0 Å². The lowest BCUT2D eigenvalue weighted by atomic mass is 9.67. The van der Waals surface area contributed by atoms with E-state index < -0.39 is 0 Å². The van der Waals surface area contributed by atoms with Gasteiger partial charge in [0.25, 0.3) is 0 Å². The smallest absolute Gasteiger partial charge is 0.0468 e. The van der Waals surface area contributed by atoms with Crippen LogP contribution in [0.2, 0.25) is 0 Å². The molecule has 0 aliphatic heterocycles. The summed E-state index contributed by atoms with van der Waals surface area (Å²) >= 11 is 0. The molecular formula is C43H33N. The quantitative estimate of drug-likeness (QED) is 0.193. The third kappa shape index (κ3) is 3.36. The number of nitrogens with zero attached hydrogens (tertiary/aromatic N) is 1. The zero-order valence-corrected chi connectivity index (χ0v) is 24.7. The van der Waals surface area contributed by atoms with Crippen molar-refractivity contribution in [3.05, 3.63) is 151 Å². The van der Waals surface area contributed by atoms with E-state index in [2.05, 4.69) is 144 Å². The first kappa shape index (κ1) is 24.6. The number of hydrogen-bond donors (Lipinski definition) is 0. The molecule has 0 amide bonds. The summed E-state index contributed by atoms with van der Waals surface area (Å²) in [6, 6.07) is 52.5. The summed E-state index contributed by atoms with van der Waals surface area (Å²) in [6.45, 7) is 0. The van der Waals surface area contributed by atoms with Gasteiger partial charge < -0.3 is 4.90 Å². The predicted octanol–water partition coefficient (Wildman–Crippen LogP) is 11.7. The van der Waals surface area contributed by atoms with Gasteiger partial charge in [0.1, 0.15) is 0 Å². The van der Waals surface area contributed by atoms with Crippen LogP contribution < -0.4 is 4.90 Å². The molecule has 3 aliphatic carbocycles. The van der Waals surface area contributed by atoms with E-state index in [-0.39, 0.29) is 5.41 Å². The average Bonchev–Trinajstić information content (AvgIpc) is 3.78. The molecule has 1 heteroatoms. The highest BCUT2D eigenvalue weighted by atomic mass is 15.1. The highest BCUT2D eigenvalue weighted by Gasteiger charge is 2.56. The van der Waals surface area contributed by atoms with Gasteiger partial charge in [-0.1, -0.05) is 110 Å². The van der Waals surface area contributed by atoms with Crippen LogP contribution in [-0.4, -0.2) is 0 Å². The molecule has 0 heterocycles. The Bertz CT molecular complexity index is 2280. The Morgan fingerprint density at radius 2 is 1.11 bits per heavy atom. The third-order valence-corrected chi connectivity index (χ3v) is 11.3. The van der Waals surface area contributed by atoms with E-state index in [1.807, 2.05) is 0 Å². The fraction of sp³-hybridized carbons (Fsp3) is 0.163. The van der Waals surface area contributed by atoms with Crippen LogP contribution in [0.15, 0.2) is 140 Å². The molecule has 44 heavy (non-hydrogen) atoms. The largest absolute Gasteiger partial charge is 0.310 e. The summed E-state index contributed by atoms with van der Waals surface area (Å²) in [5.41, 5.74) is 9.82. The first-order valence-corrected chi connectivity index (χ1v) is 16.2. The maximum Gasteiger partial charge on any atom is 0.0468 e. The number of rotatable bonds is 3. The second kappa shape index (κ2) is 9.07. The molecule has 7 aromatic rings. The minimum Gasteiger partial charge on any atom is -0.310 e. The van der Waals surface area contributed by atoms with Crippen LogP contribution in [0.3, 0.4) is 0 Å². The zero-order chi connectivity index (χ0) is 28.8. The van der Waals surface area contributed by atoms with Crippen molar-refractivity contribution in [3.63, 3.8) is 0 Å². The van der Waals surface area contributed by atoms with E-state index in [4.69, 9.17) is 0 Å². The van der Waals surface area contributed by atoms with Gasteiger partial charge in [-0.3, -0.25) is 0 Å². The van der Waals surface area contributed by atoms with E-state index in [1.165, 1.54) is 86.2 Å². The van der Waals surface area contributed by atoms with Gasteiger partial charge in [-0.15, -0.1) is 0 Å². The van der Waals surface area contributed by atoms with Crippen molar-refractivity contribution in [1.29, 1.82) is 0 Å². The van der Waals surface area contributed by atoms with Gasteiger partial charge in [0.15, 0.2) is 0 Å². The average molecular weight is 564 g/mol. The number of hydrogen-bond acceptors (Lipinski definition) is 1. The Balaban J connectivity index is 1.20. The lowest BCUT2D eigenvalue weighted by molar-refractivity contribution is 0.327. The molecular weight excluding hydrogens is 530 g/mol. The highest BCUT2D eigenvalue weighted by Crippen LogP contribution is 2.66. The van der Waals surface area contributed by atoms with Gasteiger partial charge in [-0.25, -0.2) is 0 Å². The van der Waals surface area contributed by atoms with Crippen LogP contribution in [0, 0.1) is 11.8 Å². The summed E-state index contributed by atoms with van der Waals surface area (Å²) in [4.78, 5) is 2.49. The molecule has 1 spiro atoms. The van der Waals surface area contributed by atoms with Crippen molar-refractivity contribution in [3.8, 4) is 11.1 Å². The maximum absolute atomic E-state index is 2.57. The summed E-state index contributed by atoms with van der Waals surface area (Å²) < 4.78 is 0. The molecule has 0 aromatic heterocycles. The van der Waals surface area contributed by atoms with Crippen LogP contribution in [0.25, 0.3) is 43.4 Å². The molecule has 210 valence electrons. The van der Waals surface area contributed by atoms with Crippen molar-refractivity contribution in [1.82, 2.24) is 0 Å². The Morgan fingerprint density at radius 3 is 1.98 bits per heavy atom. The van der Waals surface area contributed by atoms with E-state index in [9.17, 15) is 0 Å². The van der Waals surface area contributed by atoms with Crippen LogP contribution in [0.5, 0.6) is 0 Å². The van der Waals surface area contributed by atoms with Crippen molar-refractivity contribution in [2.75, 3.05) is 4.90 Å². The predicted molar refractivity (Wildman–Crippen MR) is 185 cm³/mol. The van der Waals surface area contributed by atoms with Crippen LogP contribution in [0.1, 0.15) is 36.8 Å². The third-order valence-electron chi connectivity index (χ3n) is 11.3. The second-order valence-corrected chi connectivity index (χ2v) is 13.4. The molecule has 3 unspecified atom stereocenters. The Labute approximate surface area is 258 Å². The van der Waals surface area contributed by atoms with Crippen LogP contribution in [0.4, 0.5) is 17.1 Å². The molecule has 2 saturated carbocycles. The first-order chi connectivity index (χ1) is 21.8. The van der Waals surface area contributed by atoms with Gasteiger partial charge in [0, 0.05) is 22.5 Å². The van der Waals surface area contributed by atoms with Gasteiger partial charge in [-0.05, 0) is 122 Å². The lowest BCUT2D eigenvalue weighted by Gasteiger charge is -2.37. The molecule has 2 fully saturated rings. The number of fused-ring (bicyclic) bond motifs is 12. The molecule has 3 atom stereocenters. The lowest BCUT2D eigenvalue weighted by Crippen LogP contribution is -2.32. The molecule has 0 radical (unpaired) electrons. The van der Waals surface area contributed by atoms with Crippen molar-refractivity contribution in [2.45, 2.75) is 31.1 Å². The van der Waals surface area contributed by atoms with Crippen molar-refractivity contribution >= 4 is 49.4 Å². The van der Waals surface area contributed by atoms with Crippen molar-refractivity contribution < 1.29 is 0 Å². The molecule has 1 nitrogen and oxygen atoms in total. The highest BCUT2D eigenvalue weighted by molar-refractivity contribution is 6.08. The fourth-order valence-electron chi connectivity index (χ4n) is 9.42. The molecule has 0 N–H and O–H groups in total.